The molecule has 0 aromatic carbocycles. The van der Waals surface area contributed by atoms with Crippen molar-refractivity contribution in [3.63, 3.8) is 0 Å². The third-order valence-electron chi connectivity index (χ3n) is 9.43. The van der Waals surface area contributed by atoms with Crippen LogP contribution in [0.2, 0.25) is 0 Å². The molecule has 238 valence electrons. The number of hydrogen-bond donors (Lipinski definition) is 1. The van der Waals surface area contributed by atoms with Crippen LogP contribution in [0, 0.1) is 12.8 Å². The summed E-state index contributed by atoms with van der Waals surface area (Å²) in [6.07, 6.45) is 8.75. The number of pyridine rings is 2. The highest BCUT2D eigenvalue weighted by Crippen LogP contribution is 2.51. The molecule has 5 aromatic heterocycles. The zero-order valence-electron chi connectivity index (χ0n) is 26.0. The number of thiophene rings is 1. The van der Waals surface area contributed by atoms with Gasteiger partial charge in [-0.25, -0.2) is 18.4 Å². The lowest BCUT2D eigenvalue weighted by atomic mass is 9.90. The van der Waals surface area contributed by atoms with E-state index in [-0.39, 0.29) is 40.5 Å². The Balaban J connectivity index is 1.32. The zero-order chi connectivity index (χ0) is 31.6. The fraction of sp³-hybridized carbons (Fsp3) is 0.455. The molecule has 8 rings (SSSR count). The van der Waals surface area contributed by atoms with E-state index in [1.807, 2.05) is 18.3 Å². The second-order valence-corrected chi connectivity index (χ2v) is 15.8. The van der Waals surface area contributed by atoms with E-state index in [0.717, 1.165) is 65.2 Å². The highest BCUT2D eigenvalue weighted by atomic mass is 32.2. The lowest BCUT2D eigenvalue weighted by Gasteiger charge is -2.19. The smallest absolute Gasteiger partial charge is 0.250 e. The molecule has 0 saturated carbocycles. The summed E-state index contributed by atoms with van der Waals surface area (Å²) >= 11 is 1.48. The predicted molar refractivity (Wildman–Crippen MR) is 175 cm³/mol. The maximum Gasteiger partial charge on any atom is 0.250 e. The van der Waals surface area contributed by atoms with Gasteiger partial charge in [0.1, 0.15) is 12.1 Å². The summed E-state index contributed by atoms with van der Waals surface area (Å²) in [5, 5.41) is 12.2. The van der Waals surface area contributed by atoms with Gasteiger partial charge in [0.05, 0.1) is 50.0 Å². The molecular weight excluding hydrogens is 623 g/mol. The molecule has 3 aliphatic rings. The molecule has 0 bridgehead atoms. The third-order valence-corrected chi connectivity index (χ3v) is 12.4. The van der Waals surface area contributed by atoms with Crippen molar-refractivity contribution >= 4 is 37.2 Å². The van der Waals surface area contributed by atoms with E-state index in [1.165, 1.54) is 16.9 Å². The quantitative estimate of drug-likeness (QED) is 0.202. The van der Waals surface area contributed by atoms with Crippen molar-refractivity contribution in [3.05, 3.63) is 59.3 Å². The first kappa shape index (κ1) is 29.6. The first-order chi connectivity index (χ1) is 22.3. The number of nitrogens with one attached hydrogen (secondary N) is 1. The van der Waals surface area contributed by atoms with Crippen molar-refractivity contribution in [2.24, 2.45) is 5.92 Å². The monoisotopic (exact) mass is 657 g/mol. The fourth-order valence-electron chi connectivity index (χ4n) is 7.13. The van der Waals surface area contributed by atoms with E-state index >= 15 is 0 Å². The normalized spacial score (nSPS) is 21.7. The van der Waals surface area contributed by atoms with Crippen molar-refractivity contribution in [2.75, 3.05) is 17.7 Å². The maximum atomic E-state index is 14.1. The second kappa shape index (κ2) is 11.5. The van der Waals surface area contributed by atoms with Gasteiger partial charge in [-0.2, -0.15) is 0 Å². The number of rotatable bonds is 8. The number of sulfone groups is 1. The molecule has 0 amide bonds. The van der Waals surface area contributed by atoms with Crippen molar-refractivity contribution < 1.29 is 17.6 Å². The summed E-state index contributed by atoms with van der Waals surface area (Å²) in [6.45, 7) is 6.61. The van der Waals surface area contributed by atoms with Crippen LogP contribution in [-0.4, -0.2) is 57.0 Å². The van der Waals surface area contributed by atoms with Crippen LogP contribution in [0.25, 0.3) is 32.1 Å². The summed E-state index contributed by atoms with van der Waals surface area (Å²) in [5.74, 6) is 1.27. The minimum Gasteiger partial charge on any atom is -0.421 e. The molecular formula is C33H35N7O4S2. The van der Waals surface area contributed by atoms with Crippen LogP contribution in [0.5, 0.6) is 0 Å². The maximum absolute atomic E-state index is 14.1. The Kier molecular flexibility index (Phi) is 7.37. The molecule has 1 unspecified atom stereocenters. The molecule has 1 aliphatic carbocycles. The van der Waals surface area contributed by atoms with Gasteiger partial charge in [0.15, 0.2) is 9.84 Å². The molecule has 1 saturated heterocycles. The van der Waals surface area contributed by atoms with Crippen molar-refractivity contribution in [3.8, 4) is 21.9 Å². The van der Waals surface area contributed by atoms with Gasteiger partial charge in [0, 0.05) is 41.8 Å². The Morgan fingerprint density at radius 2 is 2.02 bits per heavy atom. The molecule has 5 aromatic rings. The summed E-state index contributed by atoms with van der Waals surface area (Å²) in [6, 6.07) is 6.11. The molecule has 46 heavy (non-hydrogen) atoms. The number of anilines is 1. The Morgan fingerprint density at radius 1 is 1.13 bits per heavy atom. The van der Waals surface area contributed by atoms with Crippen LogP contribution in [0.3, 0.4) is 0 Å². The third kappa shape index (κ3) is 5.08. The van der Waals surface area contributed by atoms with Gasteiger partial charge in [-0.1, -0.05) is 19.9 Å². The summed E-state index contributed by atoms with van der Waals surface area (Å²) < 4.78 is 41.0. The molecule has 0 radical (unpaired) electrons. The Hall–Kier alpha value is -3.81. The largest absolute Gasteiger partial charge is 0.421 e. The van der Waals surface area contributed by atoms with Gasteiger partial charge in [-0.3, -0.25) is 9.97 Å². The van der Waals surface area contributed by atoms with E-state index in [4.69, 9.17) is 14.1 Å². The number of nitrogens with zero attached hydrogens (tertiary/aromatic N) is 6. The highest BCUT2D eigenvalue weighted by molar-refractivity contribution is 7.92. The molecule has 0 spiro atoms. The van der Waals surface area contributed by atoms with Crippen LogP contribution >= 0.6 is 11.3 Å². The van der Waals surface area contributed by atoms with Crippen molar-refractivity contribution in [1.29, 1.82) is 0 Å². The first-order valence-electron chi connectivity index (χ1n) is 15.9. The molecule has 3 atom stereocenters. The topological polar surface area (TPSA) is 146 Å². The SMILES string of the molecule is Cc1nnc(-c2c(CCC3CCCO3)nc3c(c2-c2cc4ncnc(N[C@H]5CCc6ncccc65)c4s2)S(=O)(=O)C[C@@H]3C(C)C)o1. The van der Waals surface area contributed by atoms with Crippen LogP contribution in [0.15, 0.2) is 40.0 Å². The van der Waals surface area contributed by atoms with Crippen LogP contribution in [-0.2, 0) is 27.4 Å². The first-order valence-corrected chi connectivity index (χ1v) is 18.4. The Bertz CT molecular complexity index is 2070. The van der Waals surface area contributed by atoms with Gasteiger partial charge in [0.2, 0.25) is 11.8 Å². The average Bonchev–Trinajstić information content (AvgIpc) is 3.87. The minimum absolute atomic E-state index is 0.0180. The van der Waals surface area contributed by atoms with Gasteiger partial charge < -0.3 is 14.5 Å². The average molecular weight is 658 g/mol. The summed E-state index contributed by atoms with van der Waals surface area (Å²) in [4.78, 5) is 20.0. The second-order valence-electron chi connectivity index (χ2n) is 12.8. The number of ether oxygens (including phenoxy) is 1. The van der Waals surface area contributed by atoms with E-state index < -0.39 is 9.84 Å². The zero-order valence-corrected chi connectivity index (χ0v) is 27.6. The van der Waals surface area contributed by atoms with E-state index in [1.54, 1.807) is 13.3 Å². The highest BCUT2D eigenvalue weighted by Gasteiger charge is 2.43. The molecule has 1 fully saturated rings. The Morgan fingerprint density at radius 3 is 2.80 bits per heavy atom. The fourth-order valence-corrected chi connectivity index (χ4v) is 10.5. The van der Waals surface area contributed by atoms with E-state index in [0.29, 0.717) is 35.0 Å². The van der Waals surface area contributed by atoms with Gasteiger partial charge in [0.25, 0.3) is 0 Å². The summed E-state index contributed by atoms with van der Waals surface area (Å²) in [5.41, 5.74) is 5.55. The number of aromatic nitrogens is 6. The number of hydrogen-bond acceptors (Lipinski definition) is 12. The standard InChI is InChI=1S/C33H35N7O4S2/c1-17(2)21-15-46(41,42)31-28(27(33-40-39-18(3)44-33)24(37-29(21)31)9-8-19-6-5-13-43-19)26-14-25-30(45-26)32(36-16-35-25)38-23-11-10-22-20(23)7-4-12-34-22/h4,7,12,14,16-17,19,21,23H,5-6,8-11,13,15H2,1-3H3,(H,35,36,38)/t19?,21-,23+/m1/s1. The molecule has 13 heteroatoms. The molecule has 11 nitrogen and oxygen atoms in total. The summed E-state index contributed by atoms with van der Waals surface area (Å²) in [7, 11) is -3.68. The van der Waals surface area contributed by atoms with Crippen molar-refractivity contribution in [2.45, 2.75) is 82.3 Å². The van der Waals surface area contributed by atoms with Crippen molar-refractivity contribution in [1.82, 2.24) is 30.1 Å². The van der Waals surface area contributed by atoms with Crippen LogP contribution in [0.1, 0.15) is 80.0 Å². The predicted octanol–water partition coefficient (Wildman–Crippen LogP) is 6.24. The number of fused-ring (bicyclic) bond motifs is 3. The minimum atomic E-state index is -3.68. The van der Waals surface area contributed by atoms with Crippen LogP contribution < -0.4 is 5.32 Å². The van der Waals surface area contributed by atoms with Gasteiger partial charge in [-0.15, -0.1) is 21.5 Å². The lowest BCUT2D eigenvalue weighted by Crippen LogP contribution is -2.12. The van der Waals surface area contributed by atoms with Gasteiger partial charge in [-0.05, 0) is 62.1 Å². The van der Waals surface area contributed by atoms with Gasteiger partial charge >= 0.3 is 0 Å². The number of aryl methyl sites for hydroxylation is 3. The van der Waals surface area contributed by atoms with E-state index in [9.17, 15) is 8.42 Å². The van der Waals surface area contributed by atoms with Crippen LogP contribution in [0.4, 0.5) is 5.82 Å². The molecule has 7 heterocycles. The lowest BCUT2D eigenvalue weighted by molar-refractivity contribution is 0.104. The van der Waals surface area contributed by atoms with E-state index in [2.05, 4.69) is 50.4 Å². The molecule has 2 aliphatic heterocycles. The molecule has 1 N–H and O–H groups in total. The Labute approximate surface area is 271 Å².